The normalized spacial score (nSPS) is 16.7. The van der Waals surface area contributed by atoms with E-state index in [1.807, 2.05) is 24.3 Å². The molecule has 21 heavy (non-hydrogen) atoms. The second-order valence-electron chi connectivity index (χ2n) is 4.94. The summed E-state index contributed by atoms with van der Waals surface area (Å²) in [5.74, 6) is 0.733. The Balaban J connectivity index is 0.00000220. The summed E-state index contributed by atoms with van der Waals surface area (Å²) in [6.07, 6.45) is 1.39. The number of amides is 1. The van der Waals surface area contributed by atoms with Crippen molar-refractivity contribution in [2.24, 2.45) is 0 Å². The van der Waals surface area contributed by atoms with Crippen molar-refractivity contribution < 1.29 is 14.3 Å². The predicted molar refractivity (Wildman–Crippen MR) is 83.9 cm³/mol. The molecule has 1 fully saturated rings. The van der Waals surface area contributed by atoms with Crippen LogP contribution in [-0.4, -0.2) is 38.8 Å². The molecule has 0 spiro atoms. The molecule has 2 rings (SSSR count). The number of hydrogen-bond acceptors (Lipinski definition) is 4. The largest absolute Gasteiger partial charge is 0.496 e. The number of carbonyl (C=O) groups excluding carboxylic acids is 1. The van der Waals surface area contributed by atoms with Gasteiger partial charge in [0, 0.05) is 19.2 Å². The van der Waals surface area contributed by atoms with E-state index in [9.17, 15) is 4.79 Å². The smallest absolute Gasteiger partial charge is 0.252 e. The molecule has 0 atom stereocenters. The summed E-state index contributed by atoms with van der Waals surface area (Å²) in [6.45, 7) is 2.05. The van der Waals surface area contributed by atoms with E-state index < -0.39 is 5.60 Å². The molecule has 1 amide bonds. The van der Waals surface area contributed by atoms with Crippen LogP contribution in [0.2, 0.25) is 0 Å². The summed E-state index contributed by atoms with van der Waals surface area (Å²) in [6, 6.07) is 7.67. The fourth-order valence-electron chi connectivity index (χ4n) is 2.54. The second-order valence-corrected chi connectivity index (χ2v) is 4.94. The van der Waals surface area contributed by atoms with Crippen molar-refractivity contribution in [1.29, 1.82) is 0 Å². The van der Waals surface area contributed by atoms with Gasteiger partial charge < -0.3 is 20.1 Å². The van der Waals surface area contributed by atoms with E-state index in [4.69, 9.17) is 9.47 Å². The van der Waals surface area contributed by atoms with Crippen molar-refractivity contribution in [3.8, 4) is 5.75 Å². The number of carbonyl (C=O) groups is 1. The summed E-state index contributed by atoms with van der Waals surface area (Å²) in [5, 5.41) is 6.20. The number of piperidine rings is 1. The molecule has 2 N–H and O–H groups in total. The fraction of sp³-hybridized carbons (Fsp3) is 0.533. The number of hydrogen-bond donors (Lipinski definition) is 2. The van der Waals surface area contributed by atoms with Crippen molar-refractivity contribution in [2.45, 2.75) is 25.0 Å². The van der Waals surface area contributed by atoms with Crippen LogP contribution in [0.5, 0.6) is 5.75 Å². The summed E-state index contributed by atoms with van der Waals surface area (Å²) < 4.78 is 10.8. The average Bonchev–Trinajstić information content (AvgIpc) is 2.53. The van der Waals surface area contributed by atoms with Gasteiger partial charge in [0.05, 0.1) is 7.11 Å². The molecule has 1 heterocycles. The Morgan fingerprint density at radius 1 is 1.29 bits per heavy atom. The molecule has 0 aromatic heterocycles. The molecule has 0 unspecified atom stereocenters. The van der Waals surface area contributed by atoms with Crippen molar-refractivity contribution in [1.82, 2.24) is 10.6 Å². The Morgan fingerprint density at radius 3 is 2.57 bits per heavy atom. The maximum absolute atomic E-state index is 12.4. The van der Waals surface area contributed by atoms with Gasteiger partial charge in [0.25, 0.3) is 5.91 Å². The zero-order chi connectivity index (χ0) is 14.4. The number of halogens is 1. The van der Waals surface area contributed by atoms with Gasteiger partial charge in [-0.25, -0.2) is 0 Å². The first-order valence-electron chi connectivity index (χ1n) is 6.88. The van der Waals surface area contributed by atoms with E-state index in [2.05, 4.69) is 10.6 Å². The molecule has 1 aromatic rings. The fourth-order valence-corrected chi connectivity index (χ4v) is 2.54. The third kappa shape index (κ3) is 4.09. The lowest BCUT2D eigenvalue weighted by Crippen LogP contribution is -2.53. The van der Waals surface area contributed by atoms with Crippen molar-refractivity contribution in [2.75, 3.05) is 27.3 Å². The van der Waals surface area contributed by atoms with E-state index in [1.54, 1.807) is 14.2 Å². The number of benzene rings is 1. The highest BCUT2D eigenvalue weighted by atomic mass is 35.5. The maximum Gasteiger partial charge on any atom is 0.252 e. The third-order valence-corrected chi connectivity index (χ3v) is 3.85. The second kappa shape index (κ2) is 8.22. The molecular formula is C15H23ClN2O3. The summed E-state index contributed by atoms with van der Waals surface area (Å²) in [7, 11) is 3.23. The molecule has 0 saturated carbocycles. The molecule has 1 aromatic carbocycles. The highest BCUT2D eigenvalue weighted by Gasteiger charge is 2.39. The van der Waals surface area contributed by atoms with Crippen LogP contribution in [0, 0.1) is 0 Å². The third-order valence-electron chi connectivity index (χ3n) is 3.85. The van der Waals surface area contributed by atoms with Crippen LogP contribution in [-0.2, 0) is 16.1 Å². The number of methoxy groups -OCH3 is 2. The lowest BCUT2D eigenvalue weighted by atomic mass is 9.91. The molecule has 118 valence electrons. The first-order chi connectivity index (χ1) is 9.72. The molecule has 1 aliphatic rings. The van der Waals surface area contributed by atoms with Crippen LogP contribution in [0.15, 0.2) is 24.3 Å². The number of nitrogens with one attached hydrogen (secondary N) is 2. The van der Waals surface area contributed by atoms with Crippen molar-refractivity contribution in [3.63, 3.8) is 0 Å². The quantitative estimate of drug-likeness (QED) is 0.865. The van der Waals surface area contributed by atoms with Gasteiger partial charge in [-0.1, -0.05) is 18.2 Å². The minimum Gasteiger partial charge on any atom is -0.496 e. The molecule has 0 radical (unpaired) electrons. The van der Waals surface area contributed by atoms with Crippen LogP contribution >= 0.6 is 12.4 Å². The highest BCUT2D eigenvalue weighted by Crippen LogP contribution is 2.23. The minimum atomic E-state index is -0.701. The monoisotopic (exact) mass is 314 g/mol. The van der Waals surface area contributed by atoms with Gasteiger partial charge in [-0.05, 0) is 32.0 Å². The molecule has 1 saturated heterocycles. The van der Waals surface area contributed by atoms with Gasteiger partial charge >= 0.3 is 0 Å². The standard InChI is InChI=1S/C15H22N2O3.ClH/c1-19-13-6-4-3-5-12(13)11-17-14(18)15(20-2)7-9-16-10-8-15;/h3-6,16H,7-11H2,1-2H3,(H,17,18);1H. The zero-order valence-electron chi connectivity index (χ0n) is 12.5. The van der Waals surface area contributed by atoms with Gasteiger partial charge in [0.15, 0.2) is 0 Å². The Kier molecular flexibility index (Phi) is 6.95. The first kappa shape index (κ1) is 17.8. The molecule has 5 nitrogen and oxygen atoms in total. The van der Waals surface area contributed by atoms with Crippen molar-refractivity contribution in [3.05, 3.63) is 29.8 Å². The SMILES string of the molecule is COc1ccccc1CNC(=O)C1(OC)CCNCC1.Cl. The maximum atomic E-state index is 12.4. The summed E-state index contributed by atoms with van der Waals surface area (Å²) >= 11 is 0. The number of rotatable bonds is 5. The van der Waals surface area contributed by atoms with Crippen LogP contribution in [0.3, 0.4) is 0 Å². The molecule has 6 heteroatoms. The van der Waals surface area contributed by atoms with Crippen LogP contribution in [0.1, 0.15) is 18.4 Å². The van der Waals surface area contributed by atoms with Gasteiger partial charge in [-0.2, -0.15) is 0 Å². The van der Waals surface area contributed by atoms with Crippen molar-refractivity contribution >= 4 is 18.3 Å². The summed E-state index contributed by atoms with van der Waals surface area (Å²) in [4.78, 5) is 12.4. The number of para-hydroxylation sites is 1. The van der Waals surface area contributed by atoms with Crippen LogP contribution < -0.4 is 15.4 Å². The van der Waals surface area contributed by atoms with Crippen LogP contribution in [0.4, 0.5) is 0 Å². The lowest BCUT2D eigenvalue weighted by Gasteiger charge is -2.34. The Morgan fingerprint density at radius 2 is 1.95 bits per heavy atom. The Labute approximate surface area is 131 Å². The Hall–Kier alpha value is -1.30. The van der Waals surface area contributed by atoms with E-state index in [0.29, 0.717) is 19.4 Å². The van der Waals surface area contributed by atoms with E-state index >= 15 is 0 Å². The Bertz CT molecular complexity index is 462. The van der Waals surface area contributed by atoms with Gasteiger partial charge in [0.1, 0.15) is 11.4 Å². The van der Waals surface area contributed by atoms with Crippen LogP contribution in [0.25, 0.3) is 0 Å². The first-order valence-corrected chi connectivity index (χ1v) is 6.88. The summed E-state index contributed by atoms with van der Waals surface area (Å²) in [5.41, 5.74) is 0.260. The minimum absolute atomic E-state index is 0. The zero-order valence-corrected chi connectivity index (χ0v) is 13.3. The van der Waals surface area contributed by atoms with Gasteiger partial charge in [-0.3, -0.25) is 4.79 Å². The lowest BCUT2D eigenvalue weighted by molar-refractivity contribution is -0.146. The van der Waals surface area contributed by atoms with Gasteiger partial charge in [0.2, 0.25) is 0 Å². The predicted octanol–water partition coefficient (Wildman–Crippen LogP) is 1.50. The van der Waals surface area contributed by atoms with Gasteiger partial charge in [-0.15, -0.1) is 12.4 Å². The highest BCUT2D eigenvalue weighted by molar-refractivity contribution is 5.85. The molecular weight excluding hydrogens is 292 g/mol. The van der Waals surface area contributed by atoms with E-state index in [0.717, 1.165) is 24.4 Å². The molecule has 0 aliphatic carbocycles. The molecule has 0 bridgehead atoms. The topological polar surface area (TPSA) is 59.6 Å². The molecule has 1 aliphatic heterocycles. The average molecular weight is 315 g/mol. The van der Waals surface area contributed by atoms with E-state index in [1.165, 1.54) is 0 Å². The van der Waals surface area contributed by atoms with E-state index in [-0.39, 0.29) is 18.3 Å². The number of ether oxygens (including phenoxy) is 2.